The summed E-state index contributed by atoms with van der Waals surface area (Å²) in [6.45, 7) is 8.74. The van der Waals surface area contributed by atoms with E-state index in [2.05, 4.69) is 43.4 Å². The van der Waals surface area contributed by atoms with Gasteiger partial charge in [-0.2, -0.15) is 0 Å². The van der Waals surface area contributed by atoms with Gasteiger partial charge in [-0.05, 0) is 13.8 Å². The SMILES string of the molecule is CC(C)c1c[n+](C(C)C)c[nH]1. The van der Waals surface area contributed by atoms with Crippen molar-refractivity contribution in [1.82, 2.24) is 4.98 Å². The van der Waals surface area contributed by atoms with Gasteiger partial charge in [0.25, 0.3) is 0 Å². The molecule has 0 amide bonds. The van der Waals surface area contributed by atoms with Gasteiger partial charge in [-0.1, -0.05) is 13.8 Å². The monoisotopic (exact) mass is 153 g/mol. The van der Waals surface area contributed by atoms with Crippen molar-refractivity contribution >= 4 is 0 Å². The Hall–Kier alpha value is -0.790. The highest BCUT2D eigenvalue weighted by atomic mass is 15.1. The fourth-order valence-corrected chi connectivity index (χ4v) is 0.998. The summed E-state index contributed by atoms with van der Waals surface area (Å²) >= 11 is 0. The number of aromatic nitrogens is 2. The van der Waals surface area contributed by atoms with E-state index in [9.17, 15) is 0 Å². The Morgan fingerprint density at radius 3 is 2.18 bits per heavy atom. The molecule has 62 valence electrons. The maximum absolute atomic E-state index is 3.25. The molecule has 0 aliphatic heterocycles. The minimum atomic E-state index is 0.554. The van der Waals surface area contributed by atoms with Gasteiger partial charge in [0.2, 0.25) is 6.33 Å². The second kappa shape index (κ2) is 3.07. The molecule has 1 aromatic heterocycles. The van der Waals surface area contributed by atoms with Crippen LogP contribution in [0.5, 0.6) is 0 Å². The normalized spacial score (nSPS) is 11.5. The van der Waals surface area contributed by atoms with Gasteiger partial charge in [0, 0.05) is 5.92 Å². The molecule has 0 saturated carbocycles. The fourth-order valence-electron chi connectivity index (χ4n) is 0.998. The van der Waals surface area contributed by atoms with Crippen LogP contribution in [0.25, 0.3) is 0 Å². The molecule has 0 radical (unpaired) electrons. The Kier molecular flexibility index (Phi) is 2.32. The number of nitrogens with zero attached hydrogens (tertiary/aromatic N) is 1. The first kappa shape index (κ1) is 8.31. The van der Waals surface area contributed by atoms with E-state index in [-0.39, 0.29) is 0 Å². The van der Waals surface area contributed by atoms with E-state index in [0.29, 0.717) is 12.0 Å². The predicted molar refractivity (Wildman–Crippen MR) is 45.5 cm³/mol. The molecule has 0 bridgehead atoms. The summed E-state index contributed by atoms with van der Waals surface area (Å²) in [7, 11) is 0. The standard InChI is InChI=1S/C9H16N2/c1-7(2)9-5-11(6-10-9)8(3)4/h5-8H,1-4H3/p+1. The maximum atomic E-state index is 3.25. The first-order chi connectivity index (χ1) is 5.11. The van der Waals surface area contributed by atoms with Crippen molar-refractivity contribution in [3.05, 3.63) is 18.2 Å². The zero-order valence-corrected chi connectivity index (χ0v) is 7.76. The summed E-state index contributed by atoms with van der Waals surface area (Å²) in [6, 6.07) is 0.554. The fraction of sp³-hybridized carbons (Fsp3) is 0.667. The molecule has 1 rings (SSSR count). The lowest BCUT2D eigenvalue weighted by atomic mass is 10.2. The van der Waals surface area contributed by atoms with Gasteiger partial charge in [-0.25, -0.2) is 9.55 Å². The number of imidazole rings is 1. The quantitative estimate of drug-likeness (QED) is 0.627. The van der Waals surface area contributed by atoms with Crippen LogP contribution in [0.15, 0.2) is 12.5 Å². The van der Waals surface area contributed by atoms with Crippen molar-refractivity contribution in [2.75, 3.05) is 0 Å². The van der Waals surface area contributed by atoms with Crippen molar-refractivity contribution in [2.45, 2.75) is 39.7 Å². The highest BCUT2D eigenvalue weighted by Gasteiger charge is 2.10. The van der Waals surface area contributed by atoms with Crippen LogP contribution in [-0.4, -0.2) is 4.98 Å². The lowest BCUT2D eigenvalue weighted by Gasteiger charge is -1.97. The summed E-state index contributed by atoms with van der Waals surface area (Å²) in [4.78, 5) is 3.25. The number of hydrogen-bond donors (Lipinski definition) is 1. The van der Waals surface area contributed by atoms with E-state index in [1.165, 1.54) is 5.69 Å². The molecule has 1 aromatic rings. The van der Waals surface area contributed by atoms with E-state index < -0.39 is 0 Å². The lowest BCUT2D eigenvalue weighted by molar-refractivity contribution is -0.715. The highest BCUT2D eigenvalue weighted by Crippen LogP contribution is 2.08. The van der Waals surface area contributed by atoms with E-state index >= 15 is 0 Å². The van der Waals surface area contributed by atoms with Crippen LogP contribution in [0.1, 0.15) is 45.3 Å². The Morgan fingerprint density at radius 2 is 1.91 bits per heavy atom. The molecule has 1 heterocycles. The summed E-state index contributed by atoms with van der Waals surface area (Å²) < 4.78 is 2.19. The van der Waals surface area contributed by atoms with Gasteiger partial charge in [0.05, 0.1) is 6.04 Å². The van der Waals surface area contributed by atoms with Crippen molar-refractivity contribution in [3.63, 3.8) is 0 Å². The summed E-state index contributed by atoms with van der Waals surface area (Å²) in [5, 5.41) is 0. The first-order valence-electron chi connectivity index (χ1n) is 4.20. The zero-order valence-electron chi connectivity index (χ0n) is 7.76. The van der Waals surface area contributed by atoms with E-state index in [1.54, 1.807) is 0 Å². The van der Waals surface area contributed by atoms with Crippen molar-refractivity contribution < 1.29 is 4.57 Å². The highest BCUT2D eigenvalue weighted by molar-refractivity contribution is 4.95. The van der Waals surface area contributed by atoms with Gasteiger partial charge < -0.3 is 0 Å². The average Bonchev–Trinajstić information content (AvgIpc) is 2.33. The smallest absolute Gasteiger partial charge is 0.241 e. The molecule has 1 N–H and O–H groups in total. The van der Waals surface area contributed by atoms with E-state index in [4.69, 9.17) is 0 Å². The summed E-state index contributed by atoms with van der Waals surface area (Å²) in [5.74, 6) is 0.593. The van der Waals surface area contributed by atoms with E-state index in [1.807, 2.05) is 6.33 Å². The molecule has 2 heteroatoms. The van der Waals surface area contributed by atoms with Crippen LogP contribution in [-0.2, 0) is 0 Å². The third kappa shape index (κ3) is 1.82. The van der Waals surface area contributed by atoms with Crippen LogP contribution >= 0.6 is 0 Å². The third-order valence-electron chi connectivity index (χ3n) is 1.89. The summed E-state index contributed by atoms with van der Waals surface area (Å²) in [5.41, 5.74) is 1.30. The molecule has 0 atom stereocenters. The molecule has 0 fully saturated rings. The van der Waals surface area contributed by atoms with Crippen LogP contribution in [0, 0.1) is 0 Å². The van der Waals surface area contributed by atoms with Crippen LogP contribution in [0.2, 0.25) is 0 Å². The molecule has 0 unspecified atom stereocenters. The predicted octanol–water partition coefficient (Wildman–Crippen LogP) is 2.01. The second-order valence-electron chi connectivity index (χ2n) is 3.55. The topological polar surface area (TPSA) is 19.7 Å². The minimum Gasteiger partial charge on any atom is -0.247 e. The number of H-pyrrole nitrogens is 1. The number of aromatic amines is 1. The van der Waals surface area contributed by atoms with Gasteiger partial charge >= 0.3 is 0 Å². The Balaban J connectivity index is 2.82. The molecular weight excluding hydrogens is 136 g/mol. The molecule has 0 aliphatic rings. The molecule has 0 aliphatic carbocycles. The Bertz CT molecular complexity index is 201. The maximum Gasteiger partial charge on any atom is 0.241 e. The van der Waals surface area contributed by atoms with Gasteiger partial charge in [-0.3, -0.25) is 0 Å². The molecule has 11 heavy (non-hydrogen) atoms. The third-order valence-corrected chi connectivity index (χ3v) is 1.89. The summed E-state index contributed by atoms with van der Waals surface area (Å²) in [6.07, 6.45) is 4.20. The minimum absolute atomic E-state index is 0.554. The lowest BCUT2D eigenvalue weighted by Crippen LogP contribution is -2.32. The molecule has 2 nitrogen and oxygen atoms in total. The zero-order chi connectivity index (χ0) is 8.43. The number of nitrogens with one attached hydrogen (secondary N) is 1. The number of hydrogen-bond acceptors (Lipinski definition) is 0. The Morgan fingerprint density at radius 1 is 1.27 bits per heavy atom. The molecule has 0 aromatic carbocycles. The van der Waals surface area contributed by atoms with Crippen LogP contribution in [0.3, 0.4) is 0 Å². The van der Waals surface area contributed by atoms with Crippen LogP contribution in [0.4, 0.5) is 0 Å². The molecule has 0 saturated heterocycles. The van der Waals surface area contributed by atoms with Crippen molar-refractivity contribution in [2.24, 2.45) is 0 Å². The van der Waals surface area contributed by atoms with Crippen LogP contribution < -0.4 is 4.57 Å². The van der Waals surface area contributed by atoms with Gasteiger partial charge in [0.15, 0.2) is 0 Å². The van der Waals surface area contributed by atoms with Crippen molar-refractivity contribution in [3.8, 4) is 0 Å². The largest absolute Gasteiger partial charge is 0.247 e. The first-order valence-corrected chi connectivity index (χ1v) is 4.20. The van der Waals surface area contributed by atoms with Crippen molar-refractivity contribution in [1.29, 1.82) is 0 Å². The molecular formula is C9H17N2+. The Labute approximate surface area is 68.3 Å². The van der Waals surface area contributed by atoms with Gasteiger partial charge in [0.1, 0.15) is 11.9 Å². The van der Waals surface area contributed by atoms with Gasteiger partial charge in [-0.15, -0.1) is 0 Å². The average molecular weight is 153 g/mol. The van der Waals surface area contributed by atoms with E-state index in [0.717, 1.165) is 0 Å². The molecule has 0 spiro atoms. The second-order valence-corrected chi connectivity index (χ2v) is 3.55. The number of rotatable bonds is 2.